The first-order valence-corrected chi connectivity index (χ1v) is 10.3. The maximum Gasteiger partial charge on any atom is 0.246 e. The monoisotopic (exact) mass is 397 g/mol. The van der Waals surface area contributed by atoms with Crippen molar-refractivity contribution in [2.24, 2.45) is 0 Å². The summed E-state index contributed by atoms with van der Waals surface area (Å²) >= 11 is 0. The SMILES string of the molecule is COc1ccc(CC[NH+]2CCN(S(=O)(=O)c3ccc(F)cc3F)CC2)cc1. The van der Waals surface area contributed by atoms with Crippen molar-refractivity contribution >= 4 is 10.0 Å². The minimum Gasteiger partial charge on any atom is -0.497 e. The maximum atomic E-state index is 13.9. The lowest BCUT2D eigenvalue weighted by Gasteiger charge is -2.31. The summed E-state index contributed by atoms with van der Waals surface area (Å²) in [7, 11) is -2.31. The van der Waals surface area contributed by atoms with E-state index in [2.05, 4.69) is 0 Å². The summed E-state index contributed by atoms with van der Waals surface area (Å²) in [6, 6.07) is 10.4. The smallest absolute Gasteiger partial charge is 0.246 e. The third kappa shape index (κ3) is 4.63. The molecule has 0 atom stereocenters. The van der Waals surface area contributed by atoms with Crippen molar-refractivity contribution in [3.8, 4) is 5.75 Å². The number of nitrogens with one attached hydrogen (secondary N) is 1. The van der Waals surface area contributed by atoms with Gasteiger partial charge in [0, 0.05) is 12.5 Å². The summed E-state index contributed by atoms with van der Waals surface area (Å²) in [6.45, 7) is 2.83. The minimum atomic E-state index is -3.94. The Morgan fingerprint density at radius 2 is 1.74 bits per heavy atom. The zero-order valence-corrected chi connectivity index (χ0v) is 15.9. The Labute approximate surface area is 158 Å². The predicted octanol–water partition coefficient (Wildman–Crippen LogP) is 1.11. The van der Waals surface area contributed by atoms with E-state index in [0.29, 0.717) is 32.2 Å². The van der Waals surface area contributed by atoms with Crippen molar-refractivity contribution in [2.75, 3.05) is 39.8 Å². The van der Waals surface area contributed by atoms with Crippen LogP contribution in [0.3, 0.4) is 0 Å². The van der Waals surface area contributed by atoms with Gasteiger partial charge in [0.1, 0.15) is 22.3 Å². The molecular weight excluding hydrogens is 374 g/mol. The highest BCUT2D eigenvalue weighted by atomic mass is 32.2. The molecule has 0 aliphatic carbocycles. The number of benzene rings is 2. The van der Waals surface area contributed by atoms with Gasteiger partial charge < -0.3 is 9.64 Å². The number of halogens is 2. The number of methoxy groups -OCH3 is 1. The van der Waals surface area contributed by atoms with Crippen LogP contribution in [0.25, 0.3) is 0 Å². The number of nitrogens with zero attached hydrogens (tertiary/aromatic N) is 1. The van der Waals surface area contributed by atoms with Gasteiger partial charge in [-0.05, 0) is 29.8 Å². The Kier molecular flexibility index (Phi) is 6.08. The third-order valence-corrected chi connectivity index (χ3v) is 6.80. The van der Waals surface area contributed by atoms with Crippen LogP contribution in [0.1, 0.15) is 5.56 Å². The highest BCUT2D eigenvalue weighted by molar-refractivity contribution is 7.89. The Bertz CT molecular complexity index is 880. The van der Waals surface area contributed by atoms with Crippen molar-refractivity contribution in [3.63, 3.8) is 0 Å². The molecule has 1 N–H and O–H groups in total. The van der Waals surface area contributed by atoms with Gasteiger partial charge in [-0.2, -0.15) is 4.31 Å². The van der Waals surface area contributed by atoms with Gasteiger partial charge >= 0.3 is 0 Å². The number of piperazine rings is 1. The van der Waals surface area contributed by atoms with Crippen LogP contribution >= 0.6 is 0 Å². The molecule has 0 spiro atoms. The van der Waals surface area contributed by atoms with E-state index in [-0.39, 0.29) is 0 Å². The van der Waals surface area contributed by atoms with Gasteiger partial charge in [-0.3, -0.25) is 0 Å². The molecule has 0 aromatic heterocycles. The number of quaternary nitrogens is 1. The van der Waals surface area contributed by atoms with Crippen molar-refractivity contribution in [1.82, 2.24) is 4.31 Å². The number of hydrogen-bond acceptors (Lipinski definition) is 3. The average molecular weight is 397 g/mol. The van der Waals surface area contributed by atoms with Gasteiger partial charge in [0.05, 0.1) is 39.8 Å². The van der Waals surface area contributed by atoms with E-state index in [0.717, 1.165) is 30.8 Å². The Balaban J connectivity index is 1.56. The zero-order chi connectivity index (χ0) is 19.4. The second-order valence-electron chi connectivity index (χ2n) is 6.58. The lowest BCUT2D eigenvalue weighted by atomic mass is 10.1. The largest absolute Gasteiger partial charge is 0.497 e. The van der Waals surface area contributed by atoms with Crippen LogP contribution in [0, 0.1) is 11.6 Å². The molecule has 1 aliphatic rings. The molecule has 0 saturated carbocycles. The van der Waals surface area contributed by atoms with Crippen LogP contribution < -0.4 is 9.64 Å². The number of rotatable bonds is 6. The fourth-order valence-corrected chi connectivity index (χ4v) is 4.72. The van der Waals surface area contributed by atoms with E-state index in [1.165, 1.54) is 14.8 Å². The number of ether oxygens (including phenoxy) is 1. The van der Waals surface area contributed by atoms with Gasteiger partial charge in [0.15, 0.2) is 0 Å². The fourth-order valence-electron chi connectivity index (χ4n) is 3.23. The van der Waals surface area contributed by atoms with Crippen LogP contribution in [0.15, 0.2) is 47.4 Å². The standard InChI is InChI=1S/C19H22F2N2O3S/c1-26-17-5-2-15(3-6-17)8-9-22-10-12-23(13-11-22)27(24,25)19-7-4-16(20)14-18(19)21/h2-7,14H,8-13H2,1H3/p+1. The number of sulfonamides is 1. The molecular formula is C19H23F2N2O3S+. The molecule has 1 saturated heterocycles. The van der Waals surface area contributed by atoms with Gasteiger partial charge in [0.25, 0.3) is 0 Å². The quantitative estimate of drug-likeness (QED) is 0.795. The molecule has 0 bridgehead atoms. The van der Waals surface area contributed by atoms with Gasteiger partial charge in [-0.1, -0.05) is 12.1 Å². The Hall–Kier alpha value is -2.03. The lowest BCUT2D eigenvalue weighted by Crippen LogP contribution is -3.15. The van der Waals surface area contributed by atoms with E-state index in [1.54, 1.807) is 7.11 Å². The lowest BCUT2D eigenvalue weighted by molar-refractivity contribution is -0.903. The molecule has 1 aliphatic heterocycles. The molecule has 1 fully saturated rings. The third-order valence-electron chi connectivity index (χ3n) is 4.87. The van der Waals surface area contributed by atoms with Crippen molar-refractivity contribution in [1.29, 1.82) is 0 Å². The molecule has 3 rings (SSSR count). The van der Waals surface area contributed by atoms with Crippen LogP contribution in [0.2, 0.25) is 0 Å². The van der Waals surface area contributed by atoms with E-state index in [1.807, 2.05) is 24.3 Å². The molecule has 2 aromatic rings. The first-order chi connectivity index (χ1) is 12.9. The van der Waals surface area contributed by atoms with E-state index >= 15 is 0 Å². The molecule has 0 unspecified atom stereocenters. The van der Waals surface area contributed by atoms with Gasteiger partial charge in [-0.15, -0.1) is 0 Å². The van der Waals surface area contributed by atoms with Crippen molar-refractivity contribution < 1.29 is 26.8 Å². The highest BCUT2D eigenvalue weighted by Crippen LogP contribution is 2.20. The van der Waals surface area contributed by atoms with Crippen molar-refractivity contribution in [2.45, 2.75) is 11.3 Å². The Morgan fingerprint density at radius 1 is 1.07 bits per heavy atom. The molecule has 5 nitrogen and oxygen atoms in total. The second-order valence-corrected chi connectivity index (χ2v) is 8.48. The summed E-state index contributed by atoms with van der Waals surface area (Å²) in [6.07, 6.45) is 0.888. The summed E-state index contributed by atoms with van der Waals surface area (Å²) in [5.74, 6) is -1.03. The van der Waals surface area contributed by atoms with Gasteiger partial charge in [-0.25, -0.2) is 17.2 Å². The molecule has 0 radical (unpaired) electrons. The van der Waals surface area contributed by atoms with Crippen LogP contribution in [-0.2, 0) is 16.4 Å². The van der Waals surface area contributed by atoms with Crippen LogP contribution in [-0.4, -0.2) is 52.6 Å². The molecule has 27 heavy (non-hydrogen) atoms. The molecule has 2 aromatic carbocycles. The fraction of sp³-hybridized carbons (Fsp3) is 0.368. The topological polar surface area (TPSA) is 51.1 Å². The zero-order valence-electron chi connectivity index (χ0n) is 15.1. The van der Waals surface area contributed by atoms with Crippen LogP contribution in [0.4, 0.5) is 8.78 Å². The predicted molar refractivity (Wildman–Crippen MR) is 97.4 cm³/mol. The summed E-state index contributed by atoms with van der Waals surface area (Å²) < 4.78 is 58.6. The molecule has 146 valence electrons. The summed E-state index contributed by atoms with van der Waals surface area (Å²) in [4.78, 5) is 0.836. The molecule has 1 heterocycles. The molecule has 0 amide bonds. The van der Waals surface area contributed by atoms with E-state index < -0.39 is 26.6 Å². The Morgan fingerprint density at radius 3 is 2.33 bits per heavy atom. The maximum absolute atomic E-state index is 13.9. The first kappa shape index (κ1) is 19.7. The number of hydrogen-bond donors (Lipinski definition) is 1. The van der Waals surface area contributed by atoms with Gasteiger partial charge in [0.2, 0.25) is 10.0 Å². The normalized spacial score (nSPS) is 16.4. The first-order valence-electron chi connectivity index (χ1n) is 8.82. The highest BCUT2D eigenvalue weighted by Gasteiger charge is 2.32. The second kappa shape index (κ2) is 8.33. The van der Waals surface area contributed by atoms with E-state index in [4.69, 9.17) is 4.74 Å². The summed E-state index contributed by atoms with van der Waals surface area (Å²) in [5.41, 5.74) is 1.20. The summed E-state index contributed by atoms with van der Waals surface area (Å²) in [5, 5.41) is 0. The van der Waals surface area contributed by atoms with Crippen molar-refractivity contribution in [3.05, 3.63) is 59.7 Å². The molecule has 8 heteroatoms. The van der Waals surface area contributed by atoms with E-state index in [9.17, 15) is 17.2 Å². The van der Waals surface area contributed by atoms with Crippen LogP contribution in [0.5, 0.6) is 5.75 Å². The average Bonchev–Trinajstić information content (AvgIpc) is 2.67. The minimum absolute atomic E-state index is 0.317.